The van der Waals surface area contributed by atoms with Crippen molar-refractivity contribution >= 4 is 17.4 Å². The van der Waals surface area contributed by atoms with E-state index in [0.29, 0.717) is 26.3 Å². The first-order valence-corrected chi connectivity index (χ1v) is 9.29. The Labute approximate surface area is 153 Å². The third-order valence-corrected chi connectivity index (χ3v) is 5.32. The second-order valence-electron chi connectivity index (χ2n) is 7.10. The summed E-state index contributed by atoms with van der Waals surface area (Å²) in [4.78, 5) is 23.5. The summed E-state index contributed by atoms with van der Waals surface area (Å²) < 4.78 is 7.23. The topological polar surface area (TPSA) is 66.2 Å². The molecule has 0 bridgehead atoms. The summed E-state index contributed by atoms with van der Waals surface area (Å²) in [5, 5.41) is 4.48. The molecule has 140 valence electrons. The molecule has 2 aliphatic rings. The van der Waals surface area contributed by atoms with Gasteiger partial charge in [0.05, 0.1) is 24.9 Å². The van der Waals surface area contributed by atoms with E-state index in [1.54, 1.807) is 6.20 Å². The van der Waals surface area contributed by atoms with E-state index in [2.05, 4.69) is 21.0 Å². The highest BCUT2D eigenvalue weighted by molar-refractivity contribution is 5.75. The summed E-state index contributed by atoms with van der Waals surface area (Å²) in [5.74, 6) is 0.949. The van der Waals surface area contributed by atoms with Crippen LogP contribution in [-0.2, 0) is 4.74 Å². The Bertz CT molecular complexity index is 785. The molecule has 0 radical (unpaired) electrons. The highest BCUT2D eigenvalue weighted by Gasteiger charge is 2.30. The van der Waals surface area contributed by atoms with Crippen molar-refractivity contribution < 1.29 is 9.53 Å². The molecule has 0 saturated carbocycles. The Morgan fingerprint density at radius 3 is 2.92 bits per heavy atom. The molecule has 8 heteroatoms. The molecular formula is C18H26N6O2. The van der Waals surface area contributed by atoms with Crippen LogP contribution in [0.1, 0.15) is 18.5 Å². The number of hydrogen-bond acceptors (Lipinski definition) is 5. The Kier molecular flexibility index (Phi) is 4.67. The first-order valence-electron chi connectivity index (χ1n) is 9.29. The van der Waals surface area contributed by atoms with Crippen molar-refractivity contribution in [2.45, 2.75) is 25.8 Å². The van der Waals surface area contributed by atoms with Crippen LogP contribution in [0.15, 0.2) is 18.5 Å². The molecule has 2 saturated heterocycles. The van der Waals surface area contributed by atoms with E-state index in [9.17, 15) is 4.79 Å². The van der Waals surface area contributed by atoms with Crippen LogP contribution in [0.4, 0.5) is 10.6 Å². The summed E-state index contributed by atoms with van der Waals surface area (Å²) in [5.41, 5.74) is 2.00. The normalized spacial score (nSPS) is 21.2. The highest BCUT2D eigenvalue weighted by atomic mass is 16.5. The minimum absolute atomic E-state index is 0.103. The van der Waals surface area contributed by atoms with Crippen LogP contribution >= 0.6 is 0 Å². The number of fused-ring (bicyclic) bond motifs is 1. The molecule has 8 nitrogen and oxygen atoms in total. The van der Waals surface area contributed by atoms with Gasteiger partial charge >= 0.3 is 6.03 Å². The van der Waals surface area contributed by atoms with E-state index in [1.165, 1.54) is 0 Å². The van der Waals surface area contributed by atoms with E-state index in [0.717, 1.165) is 43.0 Å². The molecule has 2 aromatic rings. The Morgan fingerprint density at radius 1 is 1.31 bits per heavy atom. The van der Waals surface area contributed by atoms with Gasteiger partial charge in [-0.05, 0) is 25.8 Å². The highest BCUT2D eigenvalue weighted by Crippen LogP contribution is 2.25. The molecule has 1 atom stereocenters. The van der Waals surface area contributed by atoms with Crippen LogP contribution in [-0.4, -0.2) is 82.9 Å². The number of carbonyl (C=O) groups excluding carboxylic acids is 1. The summed E-state index contributed by atoms with van der Waals surface area (Å²) in [6, 6.07) is 2.35. The molecule has 0 N–H and O–H groups in total. The van der Waals surface area contributed by atoms with Gasteiger partial charge in [-0.25, -0.2) is 14.3 Å². The Hall–Kier alpha value is -2.35. The van der Waals surface area contributed by atoms with Crippen LogP contribution in [0.5, 0.6) is 0 Å². The lowest BCUT2D eigenvalue weighted by Gasteiger charge is -2.40. The van der Waals surface area contributed by atoms with Gasteiger partial charge in [0.2, 0.25) is 0 Å². The van der Waals surface area contributed by atoms with Crippen molar-refractivity contribution in [2.24, 2.45) is 0 Å². The number of carbonyl (C=O) groups is 1. The van der Waals surface area contributed by atoms with Crippen molar-refractivity contribution in [1.82, 2.24) is 24.4 Å². The lowest BCUT2D eigenvalue weighted by molar-refractivity contribution is 0.0414. The van der Waals surface area contributed by atoms with Crippen LogP contribution in [0, 0.1) is 6.92 Å². The van der Waals surface area contributed by atoms with Gasteiger partial charge < -0.3 is 19.4 Å². The predicted molar refractivity (Wildman–Crippen MR) is 98.5 cm³/mol. The smallest absolute Gasteiger partial charge is 0.320 e. The maximum Gasteiger partial charge on any atom is 0.320 e. The number of aryl methyl sites for hydroxylation is 1. The quantitative estimate of drug-likeness (QED) is 0.812. The largest absolute Gasteiger partial charge is 0.378 e. The van der Waals surface area contributed by atoms with Crippen molar-refractivity contribution in [3.8, 4) is 0 Å². The van der Waals surface area contributed by atoms with E-state index >= 15 is 0 Å². The van der Waals surface area contributed by atoms with E-state index in [-0.39, 0.29) is 12.1 Å². The second kappa shape index (κ2) is 7.11. The number of ether oxygens (including phenoxy) is 1. The van der Waals surface area contributed by atoms with Crippen molar-refractivity contribution in [1.29, 1.82) is 0 Å². The van der Waals surface area contributed by atoms with E-state index < -0.39 is 0 Å². The zero-order valence-electron chi connectivity index (χ0n) is 15.5. The number of anilines is 1. The van der Waals surface area contributed by atoms with Crippen molar-refractivity contribution in [3.05, 3.63) is 24.2 Å². The van der Waals surface area contributed by atoms with Crippen LogP contribution < -0.4 is 4.90 Å². The Morgan fingerprint density at radius 2 is 2.12 bits per heavy atom. The monoisotopic (exact) mass is 358 g/mol. The van der Waals surface area contributed by atoms with Crippen molar-refractivity contribution in [3.63, 3.8) is 0 Å². The number of urea groups is 1. The van der Waals surface area contributed by atoms with Gasteiger partial charge in [0.15, 0.2) is 5.82 Å². The van der Waals surface area contributed by atoms with Gasteiger partial charge in [-0.2, -0.15) is 5.10 Å². The molecule has 0 aromatic carbocycles. The number of piperidine rings is 1. The zero-order chi connectivity index (χ0) is 18.1. The number of rotatable bonds is 2. The first kappa shape index (κ1) is 17.1. The molecule has 0 spiro atoms. The number of likely N-dealkylation sites (N-methyl/N-ethyl adjacent to an activating group) is 1. The van der Waals surface area contributed by atoms with Crippen LogP contribution in [0.3, 0.4) is 0 Å². The van der Waals surface area contributed by atoms with Gasteiger partial charge in [0.1, 0.15) is 5.52 Å². The predicted octanol–water partition coefficient (Wildman–Crippen LogP) is 1.39. The fraction of sp³-hybridized carbons (Fsp3) is 0.611. The third kappa shape index (κ3) is 3.21. The standard InChI is InChI=1S/C18H26N6O2/c1-14-12-16-17(19-5-7-24(16)20-14)23-6-3-4-15(13-23)21(2)18(25)22-8-10-26-11-9-22/h5,7,12,15H,3-4,6,8-11,13H2,1-2H3. The molecule has 4 rings (SSSR count). The zero-order valence-corrected chi connectivity index (χ0v) is 15.5. The van der Waals surface area contributed by atoms with E-state index in [1.807, 2.05) is 34.5 Å². The second-order valence-corrected chi connectivity index (χ2v) is 7.10. The van der Waals surface area contributed by atoms with Gasteiger partial charge in [0.25, 0.3) is 0 Å². The fourth-order valence-electron chi connectivity index (χ4n) is 3.87. The van der Waals surface area contributed by atoms with Crippen LogP contribution in [0.25, 0.3) is 5.52 Å². The SMILES string of the molecule is Cc1cc2c(N3CCCC(N(C)C(=O)N4CCOCC4)C3)nccn2n1. The summed E-state index contributed by atoms with van der Waals surface area (Å²) in [6.07, 6.45) is 5.73. The molecule has 1 unspecified atom stereocenters. The summed E-state index contributed by atoms with van der Waals surface area (Å²) in [7, 11) is 1.92. The summed E-state index contributed by atoms with van der Waals surface area (Å²) in [6.45, 7) is 6.35. The maximum absolute atomic E-state index is 12.8. The molecule has 0 aliphatic carbocycles. The number of morpholine rings is 1. The molecular weight excluding hydrogens is 332 g/mol. The molecule has 2 aromatic heterocycles. The van der Waals surface area contributed by atoms with Gasteiger partial charge in [-0.1, -0.05) is 0 Å². The van der Waals surface area contributed by atoms with Gasteiger partial charge in [-0.15, -0.1) is 0 Å². The molecule has 2 fully saturated rings. The lowest BCUT2D eigenvalue weighted by atomic mass is 10.0. The fourth-order valence-corrected chi connectivity index (χ4v) is 3.87. The van der Waals surface area contributed by atoms with Crippen molar-refractivity contribution in [2.75, 3.05) is 51.3 Å². The maximum atomic E-state index is 12.8. The number of hydrogen-bond donors (Lipinski definition) is 0. The minimum Gasteiger partial charge on any atom is -0.378 e. The Balaban J connectivity index is 1.50. The minimum atomic E-state index is 0.103. The molecule has 2 aliphatic heterocycles. The van der Waals surface area contributed by atoms with Gasteiger partial charge in [-0.3, -0.25) is 0 Å². The average Bonchev–Trinajstić information content (AvgIpc) is 3.07. The first-order chi connectivity index (χ1) is 12.6. The molecule has 4 heterocycles. The number of nitrogens with zero attached hydrogens (tertiary/aromatic N) is 6. The molecule has 26 heavy (non-hydrogen) atoms. The number of aromatic nitrogens is 3. The number of amides is 2. The van der Waals surface area contributed by atoms with E-state index in [4.69, 9.17) is 4.74 Å². The lowest BCUT2D eigenvalue weighted by Crippen LogP contribution is -2.54. The summed E-state index contributed by atoms with van der Waals surface area (Å²) >= 11 is 0. The average molecular weight is 358 g/mol. The molecule has 2 amide bonds. The van der Waals surface area contributed by atoms with Gasteiger partial charge in [0, 0.05) is 45.6 Å². The third-order valence-electron chi connectivity index (χ3n) is 5.32. The van der Waals surface area contributed by atoms with Crippen LogP contribution in [0.2, 0.25) is 0 Å².